The van der Waals surface area contributed by atoms with Crippen molar-refractivity contribution in [2.45, 2.75) is 24.8 Å². The van der Waals surface area contributed by atoms with Crippen LogP contribution in [-0.4, -0.2) is 25.2 Å². The molecule has 0 aromatic heterocycles. The molecule has 12 heavy (non-hydrogen) atoms. The van der Waals surface area contributed by atoms with Crippen molar-refractivity contribution in [3.63, 3.8) is 0 Å². The highest BCUT2D eigenvalue weighted by Gasteiger charge is 2.56. The number of carbonyl (C=O) groups is 1. The Labute approximate surface area is 78.3 Å². The molecule has 2 atom stereocenters. The van der Waals surface area contributed by atoms with Crippen molar-refractivity contribution in [1.82, 2.24) is 5.32 Å². The molecule has 1 heterocycles. The molecule has 0 amide bonds. The van der Waals surface area contributed by atoms with Crippen LogP contribution in [0, 0.1) is 5.92 Å². The minimum absolute atomic E-state index is 0. The molecule has 0 aromatic carbocycles. The molecule has 1 aliphatic heterocycles. The summed E-state index contributed by atoms with van der Waals surface area (Å²) in [5.74, 6) is 0.487. The number of rotatable bonds is 1. The van der Waals surface area contributed by atoms with E-state index in [-0.39, 0.29) is 23.9 Å². The summed E-state index contributed by atoms with van der Waals surface area (Å²) in [5, 5.41) is 3.25. The highest BCUT2D eigenvalue weighted by atomic mass is 35.5. The predicted molar refractivity (Wildman–Crippen MR) is 47.3 cm³/mol. The molecule has 1 N–H and O–H groups in total. The zero-order valence-corrected chi connectivity index (χ0v) is 7.95. The third kappa shape index (κ3) is 1.04. The first-order chi connectivity index (χ1) is 5.29. The molecule has 2 unspecified atom stereocenters. The second kappa shape index (κ2) is 3.23. The van der Waals surface area contributed by atoms with Crippen LogP contribution in [-0.2, 0) is 9.53 Å². The van der Waals surface area contributed by atoms with Gasteiger partial charge in [0.25, 0.3) is 0 Å². The molecule has 2 aliphatic rings. The van der Waals surface area contributed by atoms with Crippen LogP contribution in [0.25, 0.3) is 0 Å². The van der Waals surface area contributed by atoms with Crippen molar-refractivity contribution < 1.29 is 9.53 Å². The number of hydrogen-bond acceptors (Lipinski definition) is 3. The monoisotopic (exact) mass is 191 g/mol. The van der Waals surface area contributed by atoms with Gasteiger partial charge >= 0.3 is 5.97 Å². The Morgan fingerprint density at radius 2 is 2.33 bits per heavy atom. The van der Waals surface area contributed by atoms with Gasteiger partial charge in [0.15, 0.2) is 0 Å². The van der Waals surface area contributed by atoms with Crippen LogP contribution in [0.1, 0.15) is 19.3 Å². The first kappa shape index (κ1) is 9.81. The van der Waals surface area contributed by atoms with E-state index in [4.69, 9.17) is 4.74 Å². The number of ether oxygens (including phenoxy) is 1. The van der Waals surface area contributed by atoms with Crippen LogP contribution >= 0.6 is 12.4 Å². The zero-order valence-electron chi connectivity index (χ0n) is 7.13. The van der Waals surface area contributed by atoms with Crippen LogP contribution in [0.15, 0.2) is 0 Å². The molecule has 4 heteroatoms. The van der Waals surface area contributed by atoms with Gasteiger partial charge < -0.3 is 10.1 Å². The molecular weight excluding hydrogens is 178 g/mol. The Hall–Kier alpha value is -0.280. The van der Waals surface area contributed by atoms with Crippen molar-refractivity contribution in [3.8, 4) is 0 Å². The average molecular weight is 192 g/mol. The van der Waals surface area contributed by atoms with Crippen molar-refractivity contribution in [1.29, 1.82) is 0 Å². The van der Waals surface area contributed by atoms with E-state index >= 15 is 0 Å². The highest BCUT2D eigenvalue weighted by molar-refractivity contribution is 5.85. The van der Waals surface area contributed by atoms with Crippen LogP contribution in [0.2, 0.25) is 0 Å². The minimum Gasteiger partial charge on any atom is -0.468 e. The first-order valence-electron chi connectivity index (χ1n) is 4.13. The summed E-state index contributed by atoms with van der Waals surface area (Å²) in [5.41, 5.74) is -0.269. The molecule has 3 nitrogen and oxygen atoms in total. The fourth-order valence-corrected chi connectivity index (χ4v) is 2.25. The summed E-state index contributed by atoms with van der Waals surface area (Å²) >= 11 is 0. The minimum atomic E-state index is -0.269. The van der Waals surface area contributed by atoms with Gasteiger partial charge in [-0.05, 0) is 31.7 Å². The van der Waals surface area contributed by atoms with Crippen LogP contribution in [0.5, 0.6) is 0 Å². The molecule has 0 bridgehead atoms. The van der Waals surface area contributed by atoms with Crippen molar-refractivity contribution in [2.75, 3.05) is 13.7 Å². The van der Waals surface area contributed by atoms with Crippen LogP contribution in [0.3, 0.4) is 0 Å². The lowest BCUT2D eigenvalue weighted by Crippen LogP contribution is -2.58. The third-order valence-electron chi connectivity index (χ3n) is 3.07. The SMILES string of the molecule is COC(=O)C12CCC1CCN2.Cl. The van der Waals surface area contributed by atoms with Gasteiger partial charge in [0, 0.05) is 0 Å². The summed E-state index contributed by atoms with van der Waals surface area (Å²) in [6.07, 6.45) is 3.28. The summed E-state index contributed by atoms with van der Waals surface area (Å²) in [6, 6.07) is 0. The maximum absolute atomic E-state index is 11.3. The molecule has 0 aromatic rings. The van der Waals surface area contributed by atoms with Gasteiger partial charge in [-0.15, -0.1) is 12.4 Å². The highest BCUT2D eigenvalue weighted by Crippen LogP contribution is 2.44. The molecule has 1 saturated carbocycles. The van der Waals surface area contributed by atoms with Crippen molar-refractivity contribution >= 4 is 18.4 Å². The average Bonchev–Trinajstić information content (AvgIpc) is 2.27. The fraction of sp³-hybridized carbons (Fsp3) is 0.875. The van der Waals surface area contributed by atoms with Gasteiger partial charge in [-0.3, -0.25) is 4.79 Å². The van der Waals surface area contributed by atoms with E-state index in [9.17, 15) is 4.79 Å². The molecule has 2 rings (SSSR count). The normalized spacial score (nSPS) is 37.6. The van der Waals surface area contributed by atoms with E-state index in [1.807, 2.05) is 0 Å². The van der Waals surface area contributed by atoms with E-state index in [0.717, 1.165) is 19.4 Å². The lowest BCUT2D eigenvalue weighted by atomic mass is 9.68. The second-order valence-electron chi connectivity index (χ2n) is 3.41. The van der Waals surface area contributed by atoms with E-state index in [1.165, 1.54) is 13.5 Å². The van der Waals surface area contributed by atoms with Gasteiger partial charge in [-0.1, -0.05) is 0 Å². The Balaban J connectivity index is 0.000000720. The number of esters is 1. The first-order valence-corrected chi connectivity index (χ1v) is 4.13. The summed E-state index contributed by atoms with van der Waals surface area (Å²) in [4.78, 5) is 11.3. The molecule has 70 valence electrons. The number of halogens is 1. The lowest BCUT2D eigenvalue weighted by Gasteiger charge is -2.41. The van der Waals surface area contributed by atoms with Gasteiger partial charge in [-0.2, -0.15) is 0 Å². The number of nitrogens with one attached hydrogen (secondary N) is 1. The van der Waals surface area contributed by atoms with Crippen LogP contribution < -0.4 is 5.32 Å². The summed E-state index contributed by atoms with van der Waals surface area (Å²) in [6.45, 7) is 0.972. The predicted octanol–water partition coefficient (Wildman–Crippen LogP) is 0.723. The summed E-state index contributed by atoms with van der Waals surface area (Å²) < 4.78 is 4.76. The van der Waals surface area contributed by atoms with E-state index in [0.29, 0.717) is 5.92 Å². The molecule has 1 aliphatic carbocycles. The summed E-state index contributed by atoms with van der Waals surface area (Å²) in [7, 11) is 1.46. The number of hydrogen-bond donors (Lipinski definition) is 1. The van der Waals surface area contributed by atoms with Crippen molar-refractivity contribution in [2.24, 2.45) is 5.92 Å². The molecule has 0 spiro atoms. The van der Waals surface area contributed by atoms with Gasteiger partial charge in [0.1, 0.15) is 5.54 Å². The third-order valence-corrected chi connectivity index (χ3v) is 3.07. The van der Waals surface area contributed by atoms with Crippen LogP contribution in [0.4, 0.5) is 0 Å². The zero-order chi connectivity index (χ0) is 7.90. The van der Waals surface area contributed by atoms with Crippen molar-refractivity contribution in [3.05, 3.63) is 0 Å². The number of carbonyl (C=O) groups excluding carboxylic acids is 1. The quantitative estimate of drug-likeness (QED) is 0.621. The maximum Gasteiger partial charge on any atom is 0.326 e. The Morgan fingerprint density at radius 1 is 1.58 bits per heavy atom. The maximum atomic E-state index is 11.3. The lowest BCUT2D eigenvalue weighted by molar-refractivity contribution is -0.154. The molecular formula is C8H14ClNO2. The topological polar surface area (TPSA) is 38.3 Å². The fourth-order valence-electron chi connectivity index (χ4n) is 2.25. The van der Waals surface area contributed by atoms with Gasteiger partial charge in [-0.25, -0.2) is 0 Å². The van der Waals surface area contributed by atoms with E-state index in [1.54, 1.807) is 0 Å². The molecule has 1 saturated heterocycles. The standard InChI is InChI=1S/C8H13NO2.ClH/c1-11-7(10)8-4-2-6(8)3-5-9-8;/h6,9H,2-5H2,1H3;1H. The number of fused-ring (bicyclic) bond motifs is 1. The Bertz CT molecular complexity index is 197. The number of methoxy groups -OCH3 is 1. The van der Waals surface area contributed by atoms with E-state index in [2.05, 4.69) is 5.32 Å². The van der Waals surface area contributed by atoms with E-state index < -0.39 is 0 Å². The molecule has 0 radical (unpaired) electrons. The van der Waals surface area contributed by atoms with Gasteiger partial charge in [0.05, 0.1) is 7.11 Å². The van der Waals surface area contributed by atoms with Gasteiger partial charge in [0.2, 0.25) is 0 Å². The Morgan fingerprint density at radius 3 is 2.75 bits per heavy atom. The largest absolute Gasteiger partial charge is 0.468 e. The smallest absolute Gasteiger partial charge is 0.326 e. The second-order valence-corrected chi connectivity index (χ2v) is 3.41. The Kier molecular flexibility index (Phi) is 2.64. The molecule has 2 fully saturated rings.